The summed E-state index contributed by atoms with van der Waals surface area (Å²) in [6, 6.07) is 13.0. The molecule has 0 amide bonds. The lowest BCUT2D eigenvalue weighted by Gasteiger charge is -1.99. The van der Waals surface area contributed by atoms with Crippen molar-refractivity contribution in [3.63, 3.8) is 0 Å². The largest absolute Gasteiger partial charge is 0.277 e. The van der Waals surface area contributed by atoms with E-state index in [1.54, 1.807) is 12.1 Å². The molecule has 0 saturated carbocycles. The maximum Gasteiger partial charge on any atom is 0.201 e. The van der Waals surface area contributed by atoms with Gasteiger partial charge in [-0.1, -0.05) is 12.1 Å². The van der Waals surface area contributed by atoms with Gasteiger partial charge in [0, 0.05) is 6.20 Å². The van der Waals surface area contributed by atoms with Crippen molar-refractivity contribution in [2.45, 2.75) is 10.2 Å². The fraction of sp³-hybridized carbons (Fsp3) is 0. The van der Waals surface area contributed by atoms with Gasteiger partial charge in [-0.3, -0.25) is 4.40 Å². The van der Waals surface area contributed by atoms with Crippen LogP contribution in [-0.2, 0) is 0 Å². The number of fused-ring (bicyclic) bond motifs is 1. The third-order valence-corrected chi connectivity index (χ3v) is 3.21. The third kappa shape index (κ3) is 1.92. The van der Waals surface area contributed by atoms with E-state index in [1.807, 2.05) is 40.9 Å². The molecule has 0 aliphatic carbocycles. The highest BCUT2D eigenvalue weighted by atomic mass is 32.2. The van der Waals surface area contributed by atoms with Crippen molar-refractivity contribution in [1.82, 2.24) is 19.6 Å². The number of pyridine rings is 2. The van der Waals surface area contributed by atoms with Crippen LogP contribution < -0.4 is 0 Å². The van der Waals surface area contributed by atoms with Gasteiger partial charge in [-0.15, -0.1) is 10.2 Å². The van der Waals surface area contributed by atoms with Crippen LogP contribution >= 0.6 is 11.8 Å². The van der Waals surface area contributed by atoms with E-state index in [-0.39, 0.29) is 0 Å². The summed E-state index contributed by atoms with van der Waals surface area (Å²) in [6.45, 7) is 0. The molecule has 86 valence electrons. The van der Waals surface area contributed by atoms with E-state index < -0.39 is 0 Å². The molecule has 0 aliphatic heterocycles. The van der Waals surface area contributed by atoms with Gasteiger partial charge < -0.3 is 0 Å². The number of hydrogen-bond donors (Lipinski definition) is 0. The lowest BCUT2D eigenvalue weighted by molar-refractivity contribution is 0.916. The Morgan fingerprint density at radius 2 is 2.06 bits per heavy atom. The van der Waals surface area contributed by atoms with Gasteiger partial charge in [0.1, 0.15) is 16.8 Å². The average Bonchev–Trinajstić information content (AvgIpc) is 2.83. The highest BCUT2D eigenvalue weighted by Crippen LogP contribution is 2.24. The first-order valence-corrected chi connectivity index (χ1v) is 6.03. The number of nitrogens with zero attached hydrogens (tertiary/aromatic N) is 5. The monoisotopic (exact) mass is 253 g/mol. The number of aromatic nitrogens is 4. The summed E-state index contributed by atoms with van der Waals surface area (Å²) in [4.78, 5) is 4.19. The summed E-state index contributed by atoms with van der Waals surface area (Å²) in [5.41, 5.74) is 1.19. The molecule has 18 heavy (non-hydrogen) atoms. The van der Waals surface area contributed by atoms with Crippen molar-refractivity contribution in [2.75, 3.05) is 0 Å². The fourth-order valence-electron chi connectivity index (χ4n) is 1.52. The molecule has 0 aliphatic rings. The molecule has 3 rings (SSSR count). The molecule has 0 unspecified atom stereocenters. The summed E-state index contributed by atoms with van der Waals surface area (Å²) in [5.74, 6) is 0. The first-order valence-electron chi connectivity index (χ1n) is 5.21. The standard InChI is InChI=1S/C12H7N5S/c13-8-9-4-3-6-11(14-9)18-12-16-15-10-5-1-2-7-17(10)12/h1-7H. The molecule has 0 saturated heterocycles. The molecule has 0 bridgehead atoms. The SMILES string of the molecule is N#Cc1cccc(Sc2nnc3ccccn23)n1. The summed E-state index contributed by atoms with van der Waals surface area (Å²) in [7, 11) is 0. The number of nitriles is 1. The van der Waals surface area contributed by atoms with E-state index in [4.69, 9.17) is 5.26 Å². The Morgan fingerprint density at radius 3 is 2.94 bits per heavy atom. The smallest absolute Gasteiger partial charge is 0.201 e. The topological polar surface area (TPSA) is 66.9 Å². The molecule has 0 aromatic carbocycles. The Balaban J connectivity index is 1.99. The van der Waals surface area contributed by atoms with E-state index in [1.165, 1.54) is 11.8 Å². The van der Waals surface area contributed by atoms with E-state index in [2.05, 4.69) is 15.2 Å². The van der Waals surface area contributed by atoms with Crippen LogP contribution in [0.3, 0.4) is 0 Å². The molecule has 0 atom stereocenters. The summed E-state index contributed by atoms with van der Waals surface area (Å²) < 4.78 is 1.88. The van der Waals surface area contributed by atoms with E-state index in [0.717, 1.165) is 15.8 Å². The van der Waals surface area contributed by atoms with Gasteiger partial charge in [0.05, 0.1) is 0 Å². The molecule has 3 heterocycles. The molecule has 0 spiro atoms. The molecule has 3 aromatic heterocycles. The van der Waals surface area contributed by atoms with Crippen LogP contribution in [0.4, 0.5) is 0 Å². The van der Waals surface area contributed by atoms with Gasteiger partial charge in [0.15, 0.2) is 5.65 Å². The number of hydrogen-bond acceptors (Lipinski definition) is 5. The van der Waals surface area contributed by atoms with Crippen molar-refractivity contribution < 1.29 is 0 Å². The number of rotatable bonds is 2. The van der Waals surface area contributed by atoms with E-state index in [0.29, 0.717) is 5.69 Å². The zero-order valence-corrected chi connectivity index (χ0v) is 10.0. The highest BCUT2D eigenvalue weighted by molar-refractivity contribution is 7.99. The van der Waals surface area contributed by atoms with Crippen LogP contribution in [0.15, 0.2) is 52.8 Å². The van der Waals surface area contributed by atoms with Gasteiger partial charge in [-0.05, 0) is 36.0 Å². The first-order chi connectivity index (χ1) is 8.86. The predicted molar refractivity (Wildman–Crippen MR) is 66.1 cm³/mol. The molecule has 5 nitrogen and oxygen atoms in total. The van der Waals surface area contributed by atoms with Crippen LogP contribution in [0.25, 0.3) is 5.65 Å². The van der Waals surface area contributed by atoms with Crippen LogP contribution in [-0.4, -0.2) is 19.6 Å². The van der Waals surface area contributed by atoms with Crippen LogP contribution in [0.2, 0.25) is 0 Å². The second-order valence-electron chi connectivity index (χ2n) is 3.49. The van der Waals surface area contributed by atoms with Gasteiger partial charge in [-0.25, -0.2) is 4.98 Å². The lowest BCUT2D eigenvalue weighted by atomic mass is 10.4. The minimum Gasteiger partial charge on any atom is -0.277 e. The van der Waals surface area contributed by atoms with Crippen LogP contribution in [0.5, 0.6) is 0 Å². The maximum absolute atomic E-state index is 8.80. The van der Waals surface area contributed by atoms with Crippen LogP contribution in [0.1, 0.15) is 5.69 Å². The summed E-state index contributed by atoms with van der Waals surface area (Å²) >= 11 is 1.38. The van der Waals surface area contributed by atoms with Gasteiger partial charge in [-0.2, -0.15) is 5.26 Å². The molecule has 0 N–H and O–H groups in total. The highest BCUT2D eigenvalue weighted by Gasteiger charge is 2.07. The van der Waals surface area contributed by atoms with E-state index in [9.17, 15) is 0 Å². The Hall–Kier alpha value is -2.39. The lowest BCUT2D eigenvalue weighted by Crippen LogP contribution is -1.88. The minimum atomic E-state index is 0.397. The van der Waals surface area contributed by atoms with Gasteiger partial charge >= 0.3 is 0 Å². The summed E-state index contributed by atoms with van der Waals surface area (Å²) in [6.07, 6.45) is 1.89. The maximum atomic E-state index is 8.80. The quantitative estimate of drug-likeness (QED) is 0.700. The van der Waals surface area contributed by atoms with Crippen LogP contribution in [0, 0.1) is 11.3 Å². The Kier molecular flexibility index (Phi) is 2.67. The Labute approximate surface area is 107 Å². The second-order valence-corrected chi connectivity index (χ2v) is 4.47. The second kappa shape index (κ2) is 4.47. The summed E-state index contributed by atoms with van der Waals surface area (Å²) in [5, 5.41) is 18.4. The Morgan fingerprint density at radius 1 is 1.11 bits per heavy atom. The molecule has 0 fully saturated rings. The molecule has 6 heteroatoms. The Bertz CT molecular complexity index is 743. The van der Waals surface area contributed by atoms with Crippen molar-refractivity contribution >= 4 is 17.4 Å². The van der Waals surface area contributed by atoms with Crippen molar-refractivity contribution in [3.8, 4) is 6.07 Å². The van der Waals surface area contributed by atoms with Crippen molar-refractivity contribution in [1.29, 1.82) is 5.26 Å². The minimum absolute atomic E-state index is 0.397. The third-order valence-electron chi connectivity index (χ3n) is 2.32. The normalized spacial score (nSPS) is 10.4. The first kappa shape index (κ1) is 10.7. The molecular formula is C12H7N5S. The average molecular weight is 253 g/mol. The fourth-order valence-corrected chi connectivity index (χ4v) is 2.33. The van der Waals surface area contributed by atoms with Crippen molar-refractivity contribution in [2.24, 2.45) is 0 Å². The predicted octanol–water partition coefficient (Wildman–Crippen LogP) is 2.15. The zero-order chi connectivity index (χ0) is 12.4. The van der Waals surface area contributed by atoms with Crippen molar-refractivity contribution in [3.05, 3.63) is 48.3 Å². The van der Waals surface area contributed by atoms with Gasteiger partial charge in [0.25, 0.3) is 0 Å². The molecule has 0 radical (unpaired) electrons. The van der Waals surface area contributed by atoms with E-state index >= 15 is 0 Å². The zero-order valence-electron chi connectivity index (χ0n) is 9.19. The van der Waals surface area contributed by atoms with Gasteiger partial charge in [0.2, 0.25) is 5.16 Å². The molecule has 3 aromatic rings. The molecular weight excluding hydrogens is 246 g/mol.